The number of anilines is 2. The number of fused-ring (bicyclic) bond motifs is 1. The Labute approximate surface area is 192 Å². The summed E-state index contributed by atoms with van der Waals surface area (Å²) in [7, 11) is 1.88. The summed E-state index contributed by atoms with van der Waals surface area (Å²) in [5, 5.41) is 9.36. The molecule has 1 atom stereocenters. The zero-order chi connectivity index (χ0) is 21.7. The lowest BCUT2D eigenvalue weighted by molar-refractivity contribution is 0.636. The molecular formula is C22H22IN7O. The molecule has 0 radical (unpaired) electrons. The lowest BCUT2D eigenvalue weighted by atomic mass is 10.00. The lowest BCUT2D eigenvalue weighted by Crippen LogP contribution is -2.26. The van der Waals surface area contributed by atoms with Gasteiger partial charge in [0.05, 0.1) is 21.2 Å². The number of nitrogens with zero attached hydrogens (tertiary/aromatic N) is 5. The minimum atomic E-state index is -0.137. The summed E-state index contributed by atoms with van der Waals surface area (Å²) in [6.07, 6.45) is 7.21. The van der Waals surface area contributed by atoms with Crippen LogP contribution < -0.4 is 16.6 Å². The van der Waals surface area contributed by atoms with Crippen molar-refractivity contribution >= 4 is 45.0 Å². The van der Waals surface area contributed by atoms with Crippen molar-refractivity contribution in [3.8, 4) is 11.1 Å². The molecule has 1 aliphatic carbocycles. The Kier molecular flexibility index (Phi) is 4.92. The molecule has 4 aromatic rings. The van der Waals surface area contributed by atoms with Gasteiger partial charge in [-0.05, 0) is 59.4 Å². The molecule has 8 nitrogen and oxygen atoms in total. The Morgan fingerprint density at radius 3 is 2.81 bits per heavy atom. The molecule has 5 rings (SSSR count). The van der Waals surface area contributed by atoms with E-state index in [1.807, 2.05) is 42.9 Å². The summed E-state index contributed by atoms with van der Waals surface area (Å²) in [6.45, 7) is 2.04. The average Bonchev–Trinajstić information content (AvgIpc) is 3.50. The first-order chi connectivity index (χ1) is 14.9. The zero-order valence-corrected chi connectivity index (χ0v) is 19.4. The van der Waals surface area contributed by atoms with Crippen molar-refractivity contribution in [2.45, 2.75) is 31.8 Å². The van der Waals surface area contributed by atoms with Gasteiger partial charge in [0.15, 0.2) is 0 Å². The van der Waals surface area contributed by atoms with Crippen LogP contribution in [-0.4, -0.2) is 24.3 Å². The Morgan fingerprint density at radius 1 is 1.29 bits per heavy atom. The molecule has 3 N–H and O–H groups in total. The highest BCUT2D eigenvalue weighted by Crippen LogP contribution is 2.38. The fourth-order valence-electron chi connectivity index (χ4n) is 4.00. The van der Waals surface area contributed by atoms with Gasteiger partial charge in [-0.25, -0.2) is 9.97 Å². The number of nitrogen functional groups attached to an aromatic ring is 1. The van der Waals surface area contributed by atoms with E-state index in [1.54, 1.807) is 10.9 Å². The fourth-order valence-corrected chi connectivity index (χ4v) is 4.44. The molecule has 1 saturated carbocycles. The Morgan fingerprint density at radius 2 is 2.10 bits per heavy atom. The van der Waals surface area contributed by atoms with Gasteiger partial charge in [0.1, 0.15) is 18.0 Å². The largest absolute Gasteiger partial charge is 0.383 e. The van der Waals surface area contributed by atoms with Gasteiger partial charge in [0.2, 0.25) is 0 Å². The van der Waals surface area contributed by atoms with Gasteiger partial charge in [-0.1, -0.05) is 18.2 Å². The third kappa shape index (κ3) is 3.56. The van der Waals surface area contributed by atoms with Crippen LogP contribution in [-0.2, 0) is 7.05 Å². The maximum absolute atomic E-state index is 13.8. The van der Waals surface area contributed by atoms with Gasteiger partial charge < -0.3 is 15.6 Å². The number of aryl methyl sites for hydroxylation is 1. The van der Waals surface area contributed by atoms with E-state index in [0.717, 1.165) is 44.0 Å². The number of nitrogens with one attached hydrogen (secondary N) is 1. The minimum Gasteiger partial charge on any atom is -0.383 e. The molecule has 0 bridgehead atoms. The number of halogens is 1. The first kappa shape index (κ1) is 20.0. The molecular weight excluding hydrogens is 505 g/mol. The van der Waals surface area contributed by atoms with Crippen LogP contribution in [0.2, 0.25) is 0 Å². The Bertz CT molecular complexity index is 1360. The van der Waals surface area contributed by atoms with Crippen molar-refractivity contribution in [3.63, 3.8) is 0 Å². The molecule has 0 saturated heterocycles. The summed E-state index contributed by atoms with van der Waals surface area (Å²) in [6, 6.07) is 8.18. The number of nitrogens with two attached hydrogens (primary N) is 1. The van der Waals surface area contributed by atoms with Gasteiger partial charge in [0.25, 0.3) is 5.56 Å². The number of hydrogen-bond donors (Lipinski definition) is 2. The molecule has 158 valence electrons. The maximum Gasteiger partial charge on any atom is 0.259 e. The maximum atomic E-state index is 13.8. The predicted octanol–water partition coefficient (Wildman–Crippen LogP) is 3.89. The van der Waals surface area contributed by atoms with Gasteiger partial charge in [-0.3, -0.25) is 9.48 Å². The number of aromatic nitrogens is 5. The van der Waals surface area contributed by atoms with Crippen LogP contribution in [0.15, 0.2) is 47.8 Å². The molecule has 3 heterocycles. The quantitative estimate of drug-likeness (QED) is 0.382. The predicted molar refractivity (Wildman–Crippen MR) is 130 cm³/mol. The highest BCUT2D eigenvalue weighted by molar-refractivity contribution is 14.1. The molecule has 31 heavy (non-hydrogen) atoms. The third-order valence-corrected chi connectivity index (χ3v) is 6.72. The normalized spacial score (nSPS) is 14.7. The number of pyridine rings is 1. The van der Waals surface area contributed by atoms with Crippen LogP contribution in [0.3, 0.4) is 0 Å². The number of rotatable bonds is 5. The lowest BCUT2D eigenvalue weighted by Gasteiger charge is -2.22. The summed E-state index contributed by atoms with van der Waals surface area (Å²) in [4.78, 5) is 22.1. The molecule has 0 amide bonds. The van der Waals surface area contributed by atoms with Crippen LogP contribution in [0.5, 0.6) is 0 Å². The molecule has 0 unspecified atom stereocenters. The molecule has 1 fully saturated rings. The molecule has 0 spiro atoms. The van der Waals surface area contributed by atoms with Crippen molar-refractivity contribution in [2.24, 2.45) is 7.05 Å². The highest BCUT2D eigenvalue weighted by atomic mass is 127. The second kappa shape index (κ2) is 7.63. The summed E-state index contributed by atoms with van der Waals surface area (Å²) >= 11 is 2.14. The van der Waals surface area contributed by atoms with Crippen molar-refractivity contribution in [1.82, 2.24) is 24.3 Å². The molecule has 1 aliphatic rings. The molecule has 0 aliphatic heterocycles. The van der Waals surface area contributed by atoms with Gasteiger partial charge in [-0.2, -0.15) is 5.10 Å². The topological polar surface area (TPSA) is 104 Å². The smallest absolute Gasteiger partial charge is 0.259 e. The van der Waals surface area contributed by atoms with E-state index in [9.17, 15) is 4.79 Å². The second-order valence-electron chi connectivity index (χ2n) is 7.94. The monoisotopic (exact) mass is 527 g/mol. The van der Waals surface area contributed by atoms with E-state index in [2.05, 4.69) is 49.0 Å². The van der Waals surface area contributed by atoms with Crippen LogP contribution in [0.1, 0.15) is 37.5 Å². The van der Waals surface area contributed by atoms with Crippen molar-refractivity contribution in [2.75, 3.05) is 11.1 Å². The number of benzene rings is 1. The summed E-state index contributed by atoms with van der Waals surface area (Å²) in [5.74, 6) is 1.10. The molecule has 3 aromatic heterocycles. The van der Waals surface area contributed by atoms with E-state index in [0.29, 0.717) is 11.6 Å². The summed E-state index contributed by atoms with van der Waals surface area (Å²) < 4.78 is 4.48. The first-order valence-electron chi connectivity index (χ1n) is 10.1. The van der Waals surface area contributed by atoms with Crippen molar-refractivity contribution in [3.05, 3.63) is 62.6 Å². The minimum absolute atomic E-state index is 0.0417. The van der Waals surface area contributed by atoms with E-state index < -0.39 is 0 Å². The SMILES string of the molecule is C[C@H](Nc1ncnc(N)c1I)c1cc2cccc(-c3cnn(C)c3)c2c(=O)n1C1CC1. The highest BCUT2D eigenvalue weighted by Gasteiger charge is 2.30. The molecule has 9 heteroatoms. The van der Waals surface area contributed by atoms with E-state index in [4.69, 9.17) is 5.73 Å². The van der Waals surface area contributed by atoms with Crippen molar-refractivity contribution < 1.29 is 0 Å². The van der Waals surface area contributed by atoms with Crippen LogP contribution in [0.4, 0.5) is 11.6 Å². The first-order valence-corrected chi connectivity index (χ1v) is 11.2. The molecule has 1 aromatic carbocycles. The van der Waals surface area contributed by atoms with E-state index in [1.165, 1.54) is 6.33 Å². The van der Waals surface area contributed by atoms with E-state index in [-0.39, 0.29) is 17.6 Å². The van der Waals surface area contributed by atoms with E-state index >= 15 is 0 Å². The van der Waals surface area contributed by atoms with Crippen LogP contribution in [0.25, 0.3) is 21.9 Å². The van der Waals surface area contributed by atoms with Crippen LogP contribution >= 0.6 is 22.6 Å². The zero-order valence-electron chi connectivity index (χ0n) is 17.2. The van der Waals surface area contributed by atoms with Gasteiger partial charge in [0, 0.05) is 30.5 Å². The standard InChI is InChI=1S/C22H22IN7O/c1-12(28-21-19(23)20(24)25-11-26-21)17-8-13-4-3-5-16(14-9-27-29(2)10-14)18(13)22(31)30(17)15-6-7-15/h3-5,8-12,15H,6-7H2,1-2H3,(H3,24,25,26,28)/t12-/m0/s1. The number of hydrogen-bond acceptors (Lipinski definition) is 6. The van der Waals surface area contributed by atoms with Crippen molar-refractivity contribution in [1.29, 1.82) is 0 Å². The average molecular weight is 527 g/mol. The van der Waals surface area contributed by atoms with Gasteiger partial charge in [-0.15, -0.1) is 0 Å². The summed E-state index contributed by atoms with van der Waals surface area (Å²) in [5.41, 5.74) is 8.77. The third-order valence-electron chi connectivity index (χ3n) is 5.65. The fraction of sp³-hybridized carbons (Fsp3) is 0.273. The Hall–Kier alpha value is -2.95. The van der Waals surface area contributed by atoms with Gasteiger partial charge >= 0.3 is 0 Å². The Balaban J connectivity index is 1.66. The van der Waals surface area contributed by atoms with Crippen LogP contribution in [0, 0.1) is 3.57 Å². The second-order valence-corrected chi connectivity index (χ2v) is 9.01.